The highest BCUT2D eigenvalue weighted by Gasteiger charge is 2.26. The smallest absolute Gasteiger partial charge is 0.256 e. The van der Waals surface area contributed by atoms with Gasteiger partial charge < -0.3 is 10.2 Å². The molecule has 1 aromatic rings. The molecule has 0 radical (unpaired) electrons. The number of nitrogens with one attached hydrogen (secondary N) is 1. The zero-order valence-corrected chi connectivity index (χ0v) is 15.8. The van der Waals surface area contributed by atoms with Gasteiger partial charge in [-0.05, 0) is 83.6 Å². The van der Waals surface area contributed by atoms with Crippen molar-refractivity contribution in [1.29, 1.82) is 0 Å². The van der Waals surface area contributed by atoms with E-state index in [1.54, 1.807) is 11.3 Å². The van der Waals surface area contributed by atoms with Crippen LogP contribution in [-0.4, -0.2) is 36.5 Å². The number of piperidine rings is 1. The van der Waals surface area contributed by atoms with Crippen LogP contribution in [0, 0.1) is 5.92 Å². The molecule has 0 saturated carbocycles. The highest BCUT2D eigenvalue weighted by atomic mass is 79.9. The van der Waals surface area contributed by atoms with Crippen LogP contribution in [0.4, 0.5) is 0 Å². The summed E-state index contributed by atoms with van der Waals surface area (Å²) >= 11 is 8.48. The molecule has 20 heavy (non-hydrogen) atoms. The van der Waals surface area contributed by atoms with Crippen LogP contribution in [0.15, 0.2) is 13.6 Å². The molecule has 0 bridgehead atoms. The van der Waals surface area contributed by atoms with Crippen molar-refractivity contribution in [2.24, 2.45) is 5.92 Å². The van der Waals surface area contributed by atoms with Gasteiger partial charge in [-0.1, -0.05) is 0 Å². The fourth-order valence-corrected chi connectivity index (χ4v) is 5.30. The monoisotopic (exact) mass is 422 g/mol. The van der Waals surface area contributed by atoms with Gasteiger partial charge in [0, 0.05) is 12.6 Å². The summed E-state index contributed by atoms with van der Waals surface area (Å²) in [4.78, 5) is 14.8. The van der Waals surface area contributed by atoms with E-state index < -0.39 is 0 Å². The Hall–Kier alpha value is 0.0900. The quantitative estimate of drug-likeness (QED) is 0.789. The molecular formula is C14H20Br2N2OS. The average Bonchev–Trinajstić information content (AvgIpc) is 2.75. The van der Waals surface area contributed by atoms with Crippen LogP contribution in [0.1, 0.15) is 37.0 Å². The lowest BCUT2D eigenvalue weighted by atomic mass is 9.98. The van der Waals surface area contributed by atoms with Crippen LogP contribution < -0.4 is 5.32 Å². The summed E-state index contributed by atoms with van der Waals surface area (Å²) in [5.74, 6) is 0.690. The average molecular weight is 424 g/mol. The molecule has 1 fully saturated rings. The summed E-state index contributed by atoms with van der Waals surface area (Å²) in [5, 5.41) is 3.42. The Morgan fingerprint density at radius 2 is 2.30 bits per heavy atom. The molecule has 2 rings (SSSR count). The van der Waals surface area contributed by atoms with Gasteiger partial charge in [-0.2, -0.15) is 0 Å². The first-order chi connectivity index (χ1) is 9.49. The number of hydrogen-bond donors (Lipinski definition) is 1. The predicted octanol–water partition coefficient (Wildman–Crippen LogP) is 4.12. The van der Waals surface area contributed by atoms with Crippen molar-refractivity contribution in [3.63, 3.8) is 0 Å². The second kappa shape index (κ2) is 7.38. The van der Waals surface area contributed by atoms with Crippen LogP contribution in [0.25, 0.3) is 0 Å². The molecule has 112 valence electrons. The summed E-state index contributed by atoms with van der Waals surface area (Å²) in [7, 11) is 0. The van der Waals surface area contributed by atoms with Crippen molar-refractivity contribution < 1.29 is 4.79 Å². The highest BCUT2D eigenvalue weighted by Crippen LogP contribution is 2.33. The number of hydrogen-bond acceptors (Lipinski definition) is 3. The minimum absolute atomic E-state index is 0.124. The third kappa shape index (κ3) is 4.06. The standard InChI is InChI=1S/C14H20Br2N2OS/c1-9(2)18(8-10-4-3-5-17-7-10)14(19)11-6-12(15)20-13(11)16/h6,9-10,17H,3-5,7-8H2,1-2H3. The van der Waals surface area contributed by atoms with Gasteiger partial charge in [-0.15, -0.1) is 11.3 Å². The maximum Gasteiger partial charge on any atom is 0.256 e. The molecule has 1 unspecified atom stereocenters. The van der Waals surface area contributed by atoms with Crippen LogP contribution in [0.2, 0.25) is 0 Å². The molecular weight excluding hydrogens is 404 g/mol. The number of carbonyl (C=O) groups is 1. The Bertz CT molecular complexity index is 470. The molecule has 1 atom stereocenters. The number of nitrogens with zero attached hydrogens (tertiary/aromatic N) is 1. The Labute approximate surface area is 141 Å². The van der Waals surface area contributed by atoms with E-state index in [2.05, 4.69) is 51.0 Å². The van der Waals surface area contributed by atoms with E-state index in [1.807, 2.05) is 11.0 Å². The lowest BCUT2D eigenvalue weighted by Gasteiger charge is -2.32. The Morgan fingerprint density at radius 3 is 2.80 bits per heavy atom. The molecule has 0 spiro atoms. The zero-order valence-electron chi connectivity index (χ0n) is 11.8. The van der Waals surface area contributed by atoms with Gasteiger partial charge >= 0.3 is 0 Å². The van der Waals surface area contributed by atoms with Gasteiger partial charge in [-0.25, -0.2) is 0 Å². The number of carbonyl (C=O) groups excluding carboxylic acids is 1. The minimum atomic E-state index is 0.124. The molecule has 1 aromatic heterocycles. The van der Waals surface area contributed by atoms with E-state index in [-0.39, 0.29) is 11.9 Å². The number of amides is 1. The SMILES string of the molecule is CC(C)N(CC1CCCNC1)C(=O)c1cc(Br)sc1Br. The van der Waals surface area contributed by atoms with Crippen molar-refractivity contribution in [2.75, 3.05) is 19.6 Å². The summed E-state index contributed by atoms with van der Waals surface area (Å²) in [6, 6.07) is 2.13. The van der Waals surface area contributed by atoms with Crippen molar-refractivity contribution in [3.05, 3.63) is 19.2 Å². The second-order valence-electron chi connectivity index (χ2n) is 5.50. The van der Waals surface area contributed by atoms with Gasteiger partial charge in [0.15, 0.2) is 0 Å². The third-order valence-electron chi connectivity index (χ3n) is 3.63. The predicted molar refractivity (Wildman–Crippen MR) is 91.5 cm³/mol. The van der Waals surface area contributed by atoms with Gasteiger partial charge in [0.1, 0.15) is 0 Å². The number of rotatable bonds is 4. The molecule has 1 amide bonds. The number of thiophene rings is 1. The lowest BCUT2D eigenvalue weighted by Crippen LogP contribution is -2.44. The van der Waals surface area contributed by atoms with Crippen molar-refractivity contribution >= 4 is 49.1 Å². The fraction of sp³-hybridized carbons (Fsp3) is 0.643. The summed E-state index contributed by atoms with van der Waals surface area (Å²) in [6.07, 6.45) is 2.41. The van der Waals surface area contributed by atoms with E-state index in [0.29, 0.717) is 5.92 Å². The lowest BCUT2D eigenvalue weighted by molar-refractivity contribution is 0.0660. The molecule has 0 aromatic carbocycles. The maximum absolute atomic E-state index is 12.8. The van der Waals surface area contributed by atoms with Crippen LogP contribution >= 0.6 is 43.2 Å². The molecule has 6 heteroatoms. The van der Waals surface area contributed by atoms with E-state index in [4.69, 9.17) is 0 Å². The first-order valence-electron chi connectivity index (χ1n) is 6.95. The second-order valence-corrected chi connectivity index (χ2v) is 9.25. The number of halogens is 2. The van der Waals surface area contributed by atoms with E-state index >= 15 is 0 Å². The van der Waals surface area contributed by atoms with Crippen LogP contribution in [0.3, 0.4) is 0 Å². The van der Waals surface area contributed by atoms with Gasteiger partial charge in [-0.3, -0.25) is 4.79 Å². The van der Waals surface area contributed by atoms with Crippen molar-refractivity contribution in [3.8, 4) is 0 Å². The van der Waals surface area contributed by atoms with Gasteiger partial charge in [0.2, 0.25) is 0 Å². The fourth-order valence-electron chi connectivity index (χ4n) is 2.53. The highest BCUT2D eigenvalue weighted by molar-refractivity contribution is 9.12. The summed E-state index contributed by atoms with van der Waals surface area (Å²) < 4.78 is 1.89. The van der Waals surface area contributed by atoms with Gasteiger partial charge in [0.25, 0.3) is 5.91 Å². The molecule has 2 heterocycles. The Balaban J connectivity index is 2.11. The van der Waals surface area contributed by atoms with Crippen molar-refractivity contribution in [1.82, 2.24) is 10.2 Å². The van der Waals surface area contributed by atoms with E-state index in [9.17, 15) is 4.79 Å². The largest absolute Gasteiger partial charge is 0.336 e. The van der Waals surface area contributed by atoms with Gasteiger partial charge in [0.05, 0.1) is 13.1 Å². The molecule has 1 saturated heterocycles. The first kappa shape index (κ1) is 16.5. The van der Waals surface area contributed by atoms with Crippen molar-refractivity contribution in [2.45, 2.75) is 32.7 Å². The van der Waals surface area contributed by atoms with Crippen LogP contribution in [-0.2, 0) is 0 Å². The van der Waals surface area contributed by atoms with E-state index in [0.717, 1.165) is 32.8 Å². The molecule has 1 aliphatic heterocycles. The topological polar surface area (TPSA) is 32.3 Å². The first-order valence-corrected chi connectivity index (χ1v) is 9.35. The molecule has 0 aliphatic carbocycles. The Kier molecular flexibility index (Phi) is 6.08. The molecule has 1 N–H and O–H groups in total. The zero-order chi connectivity index (χ0) is 14.7. The minimum Gasteiger partial charge on any atom is -0.336 e. The van der Waals surface area contributed by atoms with Crippen LogP contribution in [0.5, 0.6) is 0 Å². The Morgan fingerprint density at radius 1 is 1.55 bits per heavy atom. The third-order valence-corrected chi connectivity index (χ3v) is 5.96. The summed E-state index contributed by atoms with van der Waals surface area (Å²) in [6.45, 7) is 7.14. The normalized spacial score (nSPS) is 19.4. The molecule has 3 nitrogen and oxygen atoms in total. The summed E-state index contributed by atoms with van der Waals surface area (Å²) in [5.41, 5.74) is 0.763. The maximum atomic E-state index is 12.8. The van der Waals surface area contributed by atoms with E-state index in [1.165, 1.54) is 12.8 Å². The molecule has 1 aliphatic rings.